The first-order valence-corrected chi connectivity index (χ1v) is 4.37. The van der Waals surface area contributed by atoms with E-state index < -0.39 is 17.5 Å². The highest BCUT2D eigenvalue weighted by Crippen LogP contribution is 2.10. The first kappa shape index (κ1) is 11.6. The summed E-state index contributed by atoms with van der Waals surface area (Å²) in [5.74, 6) is -2.50. The summed E-state index contributed by atoms with van der Waals surface area (Å²) in [6.07, 6.45) is 0. The number of carbonyl (C=O) groups is 1. The normalized spacial score (nSPS) is 10.1. The van der Waals surface area contributed by atoms with Crippen molar-refractivity contribution in [2.75, 3.05) is 20.2 Å². The third-order valence-corrected chi connectivity index (χ3v) is 1.95. The number of amides is 1. The maximum atomic E-state index is 12.8. The van der Waals surface area contributed by atoms with Crippen molar-refractivity contribution in [3.05, 3.63) is 35.4 Å². The summed E-state index contributed by atoms with van der Waals surface area (Å²) < 4.78 is 25.4. The molecule has 1 N–H and O–H groups in total. The van der Waals surface area contributed by atoms with Crippen LogP contribution in [0.3, 0.4) is 0 Å². The molecule has 0 radical (unpaired) electrons. The fourth-order valence-electron chi connectivity index (χ4n) is 1.10. The van der Waals surface area contributed by atoms with Crippen LogP contribution in [0.4, 0.5) is 8.78 Å². The van der Waals surface area contributed by atoms with E-state index in [1.807, 2.05) is 0 Å². The SMILES string of the molecule is CN(CCO)C(=O)c1ccc(F)c(F)c1. The molecule has 0 heterocycles. The van der Waals surface area contributed by atoms with Gasteiger partial charge in [0.25, 0.3) is 5.91 Å². The summed E-state index contributed by atoms with van der Waals surface area (Å²) in [6.45, 7) is -0.0241. The highest BCUT2D eigenvalue weighted by Gasteiger charge is 2.13. The number of nitrogens with zero attached hydrogens (tertiary/aromatic N) is 1. The zero-order valence-corrected chi connectivity index (χ0v) is 8.20. The second kappa shape index (κ2) is 4.84. The molecule has 0 unspecified atom stereocenters. The smallest absolute Gasteiger partial charge is 0.253 e. The third-order valence-electron chi connectivity index (χ3n) is 1.95. The lowest BCUT2D eigenvalue weighted by Gasteiger charge is -2.15. The van der Waals surface area contributed by atoms with Crippen molar-refractivity contribution in [1.82, 2.24) is 4.90 Å². The lowest BCUT2D eigenvalue weighted by Crippen LogP contribution is -2.29. The van der Waals surface area contributed by atoms with E-state index in [0.29, 0.717) is 0 Å². The van der Waals surface area contributed by atoms with Crippen LogP contribution in [0.2, 0.25) is 0 Å². The molecule has 1 rings (SSSR count). The van der Waals surface area contributed by atoms with Crippen molar-refractivity contribution in [3.63, 3.8) is 0 Å². The van der Waals surface area contributed by atoms with Crippen molar-refractivity contribution in [2.45, 2.75) is 0 Å². The number of hydrogen-bond donors (Lipinski definition) is 1. The van der Waals surface area contributed by atoms with Gasteiger partial charge in [0.1, 0.15) is 0 Å². The monoisotopic (exact) mass is 215 g/mol. The van der Waals surface area contributed by atoms with Crippen molar-refractivity contribution >= 4 is 5.91 Å². The maximum Gasteiger partial charge on any atom is 0.253 e. The van der Waals surface area contributed by atoms with Gasteiger partial charge in [0.05, 0.1) is 6.61 Å². The molecule has 0 atom stereocenters. The number of likely N-dealkylation sites (N-methyl/N-ethyl adjacent to an activating group) is 1. The van der Waals surface area contributed by atoms with E-state index in [1.54, 1.807) is 0 Å². The van der Waals surface area contributed by atoms with Crippen LogP contribution in [0.15, 0.2) is 18.2 Å². The molecule has 1 aromatic carbocycles. The molecule has 5 heteroatoms. The highest BCUT2D eigenvalue weighted by molar-refractivity contribution is 5.94. The van der Waals surface area contributed by atoms with E-state index in [4.69, 9.17) is 5.11 Å². The molecule has 0 aromatic heterocycles. The summed E-state index contributed by atoms with van der Waals surface area (Å²) in [7, 11) is 1.47. The Hall–Kier alpha value is -1.49. The lowest BCUT2D eigenvalue weighted by atomic mass is 10.2. The van der Waals surface area contributed by atoms with Crippen LogP contribution in [-0.4, -0.2) is 36.1 Å². The Bertz CT molecular complexity index is 368. The number of benzene rings is 1. The van der Waals surface area contributed by atoms with Crippen LogP contribution in [0.5, 0.6) is 0 Å². The second-order valence-corrected chi connectivity index (χ2v) is 3.08. The first-order chi connectivity index (χ1) is 7.06. The molecule has 0 spiro atoms. The summed E-state index contributed by atoms with van der Waals surface area (Å²) in [6, 6.07) is 2.94. The quantitative estimate of drug-likeness (QED) is 0.818. The van der Waals surface area contributed by atoms with Gasteiger partial charge in [0.15, 0.2) is 11.6 Å². The largest absolute Gasteiger partial charge is 0.395 e. The van der Waals surface area contributed by atoms with E-state index >= 15 is 0 Å². The summed E-state index contributed by atoms with van der Waals surface area (Å²) >= 11 is 0. The molecule has 1 aromatic rings. The zero-order chi connectivity index (χ0) is 11.4. The molecule has 0 fully saturated rings. The third kappa shape index (κ3) is 2.73. The van der Waals surface area contributed by atoms with Crippen molar-refractivity contribution in [2.24, 2.45) is 0 Å². The Kier molecular flexibility index (Phi) is 3.74. The van der Waals surface area contributed by atoms with Gasteiger partial charge in [-0.05, 0) is 18.2 Å². The van der Waals surface area contributed by atoms with Crippen molar-refractivity contribution < 1.29 is 18.7 Å². The highest BCUT2D eigenvalue weighted by atomic mass is 19.2. The van der Waals surface area contributed by atoms with Gasteiger partial charge in [-0.25, -0.2) is 8.78 Å². The predicted molar refractivity (Wildman–Crippen MR) is 50.4 cm³/mol. The van der Waals surface area contributed by atoms with Gasteiger partial charge in [0.2, 0.25) is 0 Å². The predicted octanol–water partition coefficient (Wildman–Crippen LogP) is 1.03. The molecule has 0 saturated heterocycles. The van der Waals surface area contributed by atoms with E-state index in [0.717, 1.165) is 12.1 Å². The summed E-state index contributed by atoms with van der Waals surface area (Å²) in [4.78, 5) is 12.8. The first-order valence-electron chi connectivity index (χ1n) is 4.37. The number of rotatable bonds is 3. The number of halogens is 2. The fourth-order valence-corrected chi connectivity index (χ4v) is 1.10. The molecular weight excluding hydrogens is 204 g/mol. The molecule has 1 amide bonds. The van der Waals surface area contributed by atoms with Crippen LogP contribution in [0, 0.1) is 11.6 Å². The standard InChI is InChI=1S/C10H11F2NO2/c1-13(4-5-14)10(15)7-2-3-8(11)9(12)6-7/h2-3,6,14H,4-5H2,1H3. The van der Waals surface area contributed by atoms with Gasteiger partial charge >= 0.3 is 0 Å². The Labute approximate surface area is 85.9 Å². The van der Waals surface area contributed by atoms with Crippen LogP contribution in [-0.2, 0) is 0 Å². The molecule has 0 aliphatic rings. The number of hydrogen-bond acceptors (Lipinski definition) is 2. The maximum absolute atomic E-state index is 12.8. The number of aliphatic hydroxyl groups is 1. The van der Waals surface area contributed by atoms with Crippen LogP contribution in [0.1, 0.15) is 10.4 Å². The van der Waals surface area contributed by atoms with Crippen molar-refractivity contribution in [3.8, 4) is 0 Å². The molecule has 0 bridgehead atoms. The minimum absolute atomic E-state index is 0.0600. The van der Waals surface area contributed by atoms with E-state index in [1.165, 1.54) is 18.0 Å². The molecule has 82 valence electrons. The Morgan fingerprint density at radius 1 is 1.40 bits per heavy atom. The molecule has 0 aliphatic heterocycles. The number of aliphatic hydroxyl groups excluding tert-OH is 1. The van der Waals surface area contributed by atoms with Gasteiger partial charge in [0, 0.05) is 19.2 Å². The zero-order valence-electron chi connectivity index (χ0n) is 8.20. The van der Waals surface area contributed by atoms with Crippen LogP contribution < -0.4 is 0 Å². The topological polar surface area (TPSA) is 40.5 Å². The van der Waals surface area contributed by atoms with Gasteiger partial charge < -0.3 is 10.0 Å². The number of carbonyl (C=O) groups excluding carboxylic acids is 1. The summed E-state index contributed by atoms with van der Waals surface area (Å²) in [5, 5.41) is 8.60. The van der Waals surface area contributed by atoms with Crippen LogP contribution >= 0.6 is 0 Å². The van der Waals surface area contributed by atoms with Crippen LogP contribution in [0.25, 0.3) is 0 Å². The van der Waals surface area contributed by atoms with E-state index in [9.17, 15) is 13.6 Å². The molecule has 15 heavy (non-hydrogen) atoms. The van der Waals surface area contributed by atoms with Gasteiger partial charge in [-0.15, -0.1) is 0 Å². The average molecular weight is 215 g/mol. The summed E-state index contributed by atoms with van der Waals surface area (Å²) in [5.41, 5.74) is 0.0600. The minimum Gasteiger partial charge on any atom is -0.395 e. The van der Waals surface area contributed by atoms with E-state index in [-0.39, 0.29) is 18.7 Å². The molecular formula is C10H11F2NO2. The van der Waals surface area contributed by atoms with Crippen molar-refractivity contribution in [1.29, 1.82) is 0 Å². The lowest BCUT2D eigenvalue weighted by molar-refractivity contribution is 0.0766. The minimum atomic E-state index is -1.06. The molecule has 0 aliphatic carbocycles. The van der Waals surface area contributed by atoms with E-state index in [2.05, 4.69) is 0 Å². The van der Waals surface area contributed by atoms with Gasteiger partial charge in [-0.1, -0.05) is 0 Å². The van der Waals surface area contributed by atoms with Gasteiger partial charge in [-0.3, -0.25) is 4.79 Å². The molecule has 0 saturated carbocycles. The molecule has 3 nitrogen and oxygen atoms in total. The average Bonchev–Trinajstić information content (AvgIpc) is 2.21. The Morgan fingerprint density at radius 2 is 2.07 bits per heavy atom. The second-order valence-electron chi connectivity index (χ2n) is 3.08. The fraction of sp³-hybridized carbons (Fsp3) is 0.300. The Balaban J connectivity index is 2.87. The van der Waals surface area contributed by atoms with Gasteiger partial charge in [-0.2, -0.15) is 0 Å². The Morgan fingerprint density at radius 3 is 2.60 bits per heavy atom.